The number of aryl methyl sites for hydroxylation is 2. The van der Waals surface area contributed by atoms with Crippen LogP contribution in [0.25, 0.3) is 11.3 Å². The Kier molecular flexibility index (Phi) is 5.59. The average Bonchev–Trinajstić information content (AvgIpc) is 2.90. The highest BCUT2D eigenvalue weighted by Crippen LogP contribution is 2.26. The predicted octanol–water partition coefficient (Wildman–Crippen LogP) is 4.28. The number of thiazole rings is 1. The summed E-state index contributed by atoms with van der Waals surface area (Å²) in [7, 11) is 0. The van der Waals surface area contributed by atoms with Crippen LogP contribution in [0.2, 0.25) is 0 Å². The monoisotopic (exact) mass is 318 g/mol. The number of nitrogens with zero attached hydrogens (tertiary/aromatic N) is 1. The van der Waals surface area contributed by atoms with Crippen LogP contribution in [0.5, 0.6) is 0 Å². The van der Waals surface area contributed by atoms with Crippen LogP contribution < -0.4 is 5.32 Å². The Morgan fingerprint density at radius 3 is 2.95 bits per heavy atom. The van der Waals surface area contributed by atoms with E-state index in [2.05, 4.69) is 48.9 Å². The van der Waals surface area contributed by atoms with Crippen molar-refractivity contribution in [3.05, 3.63) is 47.4 Å². The fourth-order valence-electron chi connectivity index (χ4n) is 1.75. The van der Waals surface area contributed by atoms with Crippen molar-refractivity contribution >= 4 is 34.1 Å². The lowest BCUT2D eigenvalue weighted by molar-refractivity contribution is -0.113. The molecule has 3 nitrogen and oxygen atoms in total. The number of amides is 1. The molecule has 1 amide bonds. The Bertz CT molecular complexity index is 649. The van der Waals surface area contributed by atoms with E-state index in [-0.39, 0.29) is 5.91 Å². The summed E-state index contributed by atoms with van der Waals surface area (Å²) in [5, 5.41) is 5.44. The molecule has 0 atom stereocenters. The third-order valence-corrected chi connectivity index (χ3v) is 4.72. The highest BCUT2D eigenvalue weighted by Gasteiger charge is 2.08. The van der Waals surface area contributed by atoms with Gasteiger partial charge >= 0.3 is 0 Å². The Morgan fingerprint density at radius 1 is 1.43 bits per heavy atom. The molecule has 0 spiro atoms. The molecule has 0 bridgehead atoms. The summed E-state index contributed by atoms with van der Waals surface area (Å²) >= 11 is 2.98. The first-order chi connectivity index (χ1) is 10.1. The van der Waals surface area contributed by atoms with Gasteiger partial charge in [0.15, 0.2) is 5.13 Å². The fourth-order valence-corrected chi connectivity index (χ4v) is 3.03. The number of aromatic nitrogens is 1. The molecule has 0 saturated carbocycles. The molecule has 2 rings (SSSR count). The number of anilines is 1. The third-order valence-electron chi connectivity index (χ3n) is 3.02. The molecule has 1 aromatic carbocycles. The van der Waals surface area contributed by atoms with E-state index in [1.165, 1.54) is 34.2 Å². The molecule has 0 radical (unpaired) electrons. The highest BCUT2D eigenvalue weighted by atomic mass is 32.2. The molecule has 0 saturated heterocycles. The van der Waals surface area contributed by atoms with E-state index < -0.39 is 0 Å². The Morgan fingerprint density at radius 2 is 2.24 bits per heavy atom. The molecule has 1 heterocycles. The van der Waals surface area contributed by atoms with Gasteiger partial charge in [0.05, 0.1) is 11.4 Å². The van der Waals surface area contributed by atoms with Crippen LogP contribution in [0.3, 0.4) is 0 Å². The number of thioether (sulfide) groups is 1. The van der Waals surface area contributed by atoms with Crippen molar-refractivity contribution < 1.29 is 4.79 Å². The van der Waals surface area contributed by atoms with Crippen LogP contribution in [0, 0.1) is 13.8 Å². The maximum Gasteiger partial charge on any atom is 0.236 e. The third kappa shape index (κ3) is 4.44. The number of rotatable bonds is 6. The van der Waals surface area contributed by atoms with E-state index in [4.69, 9.17) is 0 Å². The summed E-state index contributed by atoms with van der Waals surface area (Å²) in [6, 6.07) is 6.27. The number of hydrogen-bond acceptors (Lipinski definition) is 4. The van der Waals surface area contributed by atoms with Gasteiger partial charge in [-0.15, -0.1) is 29.7 Å². The molecule has 0 aliphatic rings. The molecule has 0 fully saturated rings. The van der Waals surface area contributed by atoms with Crippen molar-refractivity contribution in [2.75, 3.05) is 16.8 Å². The zero-order valence-electron chi connectivity index (χ0n) is 12.2. The first-order valence-electron chi connectivity index (χ1n) is 6.62. The maximum atomic E-state index is 11.7. The number of carbonyl (C=O) groups is 1. The number of nitrogens with one attached hydrogen (secondary N) is 1. The molecular weight excluding hydrogens is 300 g/mol. The van der Waals surface area contributed by atoms with Crippen LogP contribution in [0.15, 0.2) is 36.2 Å². The summed E-state index contributed by atoms with van der Waals surface area (Å²) in [6.07, 6.45) is 1.79. The summed E-state index contributed by atoms with van der Waals surface area (Å²) in [5.41, 5.74) is 4.49. The van der Waals surface area contributed by atoms with Gasteiger partial charge in [-0.2, -0.15) is 0 Å². The van der Waals surface area contributed by atoms with Crippen LogP contribution in [0.1, 0.15) is 11.1 Å². The second-order valence-corrected chi connectivity index (χ2v) is 6.58. The summed E-state index contributed by atoms with van der Waals surface area (Å²) in [4.78, 5) is 16.2. The number of hydrogen-bond donors (Lipinski definition) is 1. The van der Waals surface area contributed by atoms with Gasteiger partial charge in [0, 0.05) is 16.7 Å². The van der Waals surface area contributed by atoms with Crippen molar-refractivity contribution in [3.63, 3.8) is 0 Å². The lowest BCUT2D eigenvalue weighted by atomic mass is 10.1. The van der Waals surface area contributed by atoms with Gasteiger partial charge in [-0.3, -0.25) is 4.79 Å². The van der Waals surface area contributed by atoms with Crippen molar-refractivity contribution in [2.45, 2.75) is 13.8 Å². The largest absolute Gasteiger partial charge is 0.301 e. The van der Waals surface area contributed by atoms with Gasteiger partial charge in [-0.25, -0.2) is 4.98 Å². The van der Waals surface area contributed by atoms with Gasteiger partial charge in [-0.05, 0) is 31.0 Å². The topological polar surface area (TPSA) is 42.0 Å². The van der Waals surface area contributed by atoms with Crippen LogP contribution in [-0.4, -0.2) is 22.4 Å². The van der Waals surface area contributed by atoms with Gasteiger partial charge in [-0.1, -0.05) is 18.2 Å². The Balaban J connectivity index is 2.02. The minimum atomic E-state index is -0.0252. The summed E-state index contributed by atoms with van der Waals surface area (Å²) in [6.45, 7) is 7.81. The number of benzene rings is 1. The molecule has 0 aliphatic heterocycles. The van der Waals surface area contributed by atoms with E-state index in [9.17, 15) is 4.79 Å². The second-order valence-electron chi connectivity index (χ2n) is 4.69. The predicted molar refractivity (Wildman–Crippen MR) is 93.2 cm³/mol. The first kappa shape index (κ1) is 15.8. The quantitative estimate of drug-likeness (QED) is 0.638. The second kappa shape index (κ2) is 7.43. The van der Waals surface area contributed by atoms with E-state index in [1.807, 2.05) is 5.38 Å². The van der Waals surface area contributed by atoms with E-state index >= 15 is 0 Å². The molecule has 110 valence electrons. The molecule has 0 unspecified atom stereocenters. The van der Waals surface area contributed by atoms with E-state index in [0.29, 0.717) is 10.9 Å². The smallest absolute Gasteiger partial charge is 0.236 e. The molecule has 1 aromatic heterocycles. The van der Waals surface area contributed by atoms with Crippen molar-refractivity contribution in [1.29, 1.82) is 0 Å². The van der Waals surface area contributed by atoms with Crippen LogP contribution >= 0.6 is 23.1 Å². The Hall–Kier alpha value is -1.59. The van der Waals surface area contributed by atoms with Crippen LogP contribution in [-0.2, 0) is 4.79 Å². The molecule has 1 N–H and O–H groups in total. The lowest BCUT2D eigenvalue weighted by Gasteiger charge is -2.02. The fraction of sp³-hybridized carbons (Fsp3) is 0.250. The van der Waals surface area contributed by atoms with E-state index in [1.54, 1.807) is 6.08 Å². The lowest BCUT2D eigenvalue weighted by Crippen LogP contribution is -2.13. The zero-order chi connectivity index (χ0) is 15.2. The first-order valence-corrected chi connectivity index (χ1v) is 8.65. The molecular formula is C16H18N2OS2. The molecule has 0 aliphatic carbocycles. The van der Waals surface area contributed by atoms with Crippen LogP contribution in [0.4, 0.5) is 5.13 Å². The number of carbonyl (C=O) groups excluding carboxylic acids is 1. The van der Waals surface area contributed by atoms with Gasteiger partial charge in [0.25, 0.3) is 0 Å². The molecule has 21 heavy (non-hydrogen) atoms. The normalized spacial score (nSPS) is 10.4. The van der Waals surface area contributed by atoms with Crippen molar-refractivity contribution in [2.24, 2.45) is 0 Å². The molecule has 5 heteroatoms. The minimum absolute atomic E-state index is 0.0252. The van der Waals surface area contributed by atoms with Gasteiger partial charge < -0.3 is 5.32 Å². The van der Waals surface area contributed by atoms with E-state index in [0.717, 1.165) is 17.0 Å². The summed E-state index contributed by atoms with van der Waals surface area (Å²) in [5.74, 6) is 1.17. The van der Waals surface area contributed by atoms with Gasteiger partial charge in [0.1, 0.15) is 0 Å². The minimum Gasteiger partial charge on any atom is -0.301 e. The zero-order valence-corrected chi connectivity index (χ0v) is 13.8. The SMILES string of the molecule is C=CCSCC(=O)Nc1nc(-c2ccc(C)c(C)c2)cs1. The average molecular weight is 318 g/mol. The summed E-state index contributed by atoms with van der Waals surface area (Å²) < 4.78 is 0. The Labute approximate surface area is 133 Å². The standard InChI is InChI=1S/C16H18N2OS2/c1-4-7-20-10-15(19)18-16-17-14(9-21-16)13-6-5-11(2)12(3)8-13/h4-6,8-9H,1,7,10H2,2-3H3,(H,17,18,19). The van der Waals surface area contributed by atoms with Crippen molar-refractivity contribution in [1.82, 2.24) is 4.98 Å². The van der Waals surface area contributed by atoms with Crippen molar-refractivity contribution in [3.8, 4) is 11.3 Å². The van der Waals surface area contributed by atoms with Gasteiger partial charge in [0.2, 0.25) is 5.91 Å². The maximum absolute atomic E-state index is 11.7. The molecule has 2 aromatic rings. The highest BCUT2D eigenvalue weighted by molar-refractivity contribution is 8.00.